The molecule has 0 saturated heterocycles. The minimum atomic E-state index is -3.13. The molecule has 16 heavy (non-hydrogen) atoms. The van der Waals surface area contributed by atoms with Gasteiger partial charge in [-0.3, -0.25) is 0 Å². The van der Waals surface area contributed by atoms with Crippen molar-refractivity contribution in [3.05, 3.63) is 11.6 Å². The van der Waals surface area contributed by atoms with E-state index in [1.807, 2.05) is 6.92 Å². The summed E-state index contributed by atoms with van der Waals surface area (Å²) in [5, 5.41) is -0.399. The summed E-state index contributed by atoms with van der Waals surface area (Å²) in [6.45, 7) is 10.9. The first kappa shape index (κ1) is 13.9. The maximum absolute atomic E-state index is 11.9. The van der Waals surface area contributed by atoms with Gasteiger partial charge in [-0.25, -0.2) is 8.42 Å². The maximum atomic E-state index is 11.9. The average Bonchev–Trinajstić information content (AvgIpc) is 2.26. The molecule has 3 nitrogen and oxygen atoms in total. The van der Waals surface area contributed by atoms with Crippen molar-refractivity contribution in [2.75, 3.05) is 6.61 Å². The number of hydrogen-bond donors (Lipinski definition) is 0. The molecular weight excluding hydrogens is 240 g/mol. The molecule has 0 radical (unpaired) electrons. The van der Waals surface area contributed by atoms with Gasteiger partial charge >= 0.3 is 0 Å². The van der Waals surface area contributed by atoms with Crippen molar-refractivity contribution < 1.29 is 13.2 Å². The zero-order chi connectivity index (χ0) is 12.6. The Morgan fingerprint density at radius 2 is 1.94 bits per heavy atom. The molecule has 1 aliphatic rings. The van der Waals surface area contributed by atoms with Crippen LogP contribution in [0.2, 0.25) is 25.7 Å². The number of rotatable bonds is 4. The highest BCUT2D eigenvalue weighted by Gasteiger charge is 2.38. The summed E-state index contributed by atoms with van der Waals surface area (Å²) in [5.74, 6) is 0. The summed E-state index contributed by atoms with van der Waals surface area (Å²) in [4.78, 5) is 0. The van der Waals surface area contributed by atoms with E-state index in [1.165, 1.54) is 0 Å². The normalized spacial score (nSPS) is 29.2. The molecule has 5 heteroatoms. The lowest BCUT2D eigenvalue weighted by Crippen LogP contribution is -2.29. The highest BCUT2D eigenvalue weighted by Crippen LogP contribution is 2.27. The Hall–Kier alpha value is -0.133. The first-order chi connectivity index (χ1) is 7.14. The van der Waals surface area contributed by atoms with Crippen LogP contribution in [0.15, 0.2) is 11.6 Å². The van der Waals surface area contributed by atoms with Crippen LogP contribution in [0.25, 0.3) is 0 Å². The minimum Gasteiger partial charge on any atom is -0.358 e. The van der Waals surface area contributed by atoms with E-state index >= 15 is 0 Å². The number of hydrogen-bond acceptors (Lipinski definition) is 3. The van der Waals surface area contributed by atoms with Crippen LogP contribution < -0.4 is 0 Å². The van der Waals surface area contributed by atoms with Crippen molar-refractivity contribution in [2.24, 2.45) is 0 Å². The van der Waals surface area contributed by atoms with Gasteiger partial charge in [0.2, 0.25) is 0 Å². The average molecular weight is 262 g/mol. The largest absolute Gasteiger partial charge is 0.358 e. The predicted molar refractivity (Wildman–Crippen MR) is 70.0 cm³/mol. The molecule has 0 spiro atoms. The van der Waals surface area contributed by atoms with Crippen molar-refractivity contribution in [1.82, 2.24) is 0 Å². The minimum absolute atomic E-state index is 0.399. The van der Waals surface area contributed by atoms with Crippen molar-refractivity contribution >= 4 is 17.9 Å². The predicted octanol–water partition coefficient (Wildman–Crippen LogP) is 2.43. The molecule has 1 rings (SSSR count). The van der Waals surface area contributed by atoms with E-state index in [-0.39, 0.29) is 0 Å². The standard InChI is InChI=1S/C11H22O3SSi/c1-9-8-10(2)15(12,13)11(9)14-6-7-16(3,4)5/h8,10-11H,6-7H2,1-5H3/t10-,11-/m0/s1. The summed E-state index contributed by atoms with van der Waals surface area (Å²) in [7, 11) is -4.29. The Kier molecular flexibility index (Phi) is 4.02. The summed E-state index contributed by atoms with van der Waals surface area (Å²) in [5.41, 5.74) is 0.141. The Balaban J connectivity index is 2.59. The van der Waals surface area contributed by atoms with Gasteiger partial charge in [-0.15, -0.1) is 0 Å². The second-order valence-corrected chi connectivity index (χ2v) is 13.7. The van der Waals surface area contributed by atoms with Gasteiger partial charge in [0, 0.05) is 14.7 Å². The summed E-state index contributed by atoms with van der Waals surface area (Å²) in [6.07, 6.45) is 1.79. The highest BCUT2D eigenvalue weighted by molar-refractivity contribution is 7.93. The van der Waals surface area contributed by atoms with Gasteiger partial charge in [0.15, 0.2) is 15.3 Å². The van der Waals surface area contributed by atoms with E-state index in [4.69, 9.17) is 4.74 Å². The quantitative estimate of drug-likeness (QED) is 0.577. The monoisotopic (exact) mass is 262 g/mol. The van der Waals surface area contributed by atoms with Crippen LogP contribution in [0.5, 0.6) is 0 Å². The second kappa shape index (κ2) is 4.62. The number of ether oxygens (including phenoxy) is 1. The van der Waals surface area contributed by atoms with Crippen LogP contribution in [-0.4, -0.2) is 33.8 Å². The van der Waals surface area contributed by atoms with E-state index < -0.39 is 28.6 Å². The van der Waals surface area contributed by atoms with Gasteiger partial charge < -0.3 is 4.74 Å². The molecule has 0 N–H and O–H groups in total. The molecule has 0 aromatic heterocycles. The van der Waals surface area contributed by atoms with E-state index in [1.54, 1.807) is 13.0 Å². The molecule has 1 aliphatic heterocycles. The van der Waals surface area contributed by atoms with Crippen LogP contribution >= 0.6 is 0 Å². The molecule has 0 aliphatic carbocycles. The molecule has 0 amide bonds. The second-order valence-electron chi connectivity index (χ2n) is 5.72. The van der Waals surface area contributed by atoms with E-state index in [0.717, 1.165) is 11.6 Å². The van der Waals surface area contributed by atoms with E-state index in [2.05, 4.69) is 19.6 Å². The zero-order valence-electron chi connectivity index (χ0n) is 10.8. The van der Waals surface area contributed by atoms with Crippen LogP contribution in [0.3, 0.4) is 0 Å². The highest BCUT2D eigenvalue weighted by atomic mass is 32.2. The van der Waals surface area contributed by atoms with Gasteiger partial charge in [0.05, 0.1) is 5.25 Å². The third-order valence-corrected chi connectivity index (χ3v) is 6.79. The fourth-order valence-corrected chi connectivity index (χ4v) is 4.10. The Morgan fingerprint density at radius 3 is 2.31 bits per heavy atom. The lowest BCUT2D eigenvalue weighted by molar-refractivity contribution is 0.140. The van der Waals surface area contributed by atoms with Crippen molar-refractivity contribution in [1.29, 1.82) is 0 Å². The van der Waals surface area contributed by atoms with Crippen LogP contribution in [0, 0.1) is 0 Å². The Labute approximate surface area is 99.8 Å². The SMILES string of the molecule is CC1=C[C@H](C)S(=O)(=O)[C@@H]1OCC[Si](C)(C)C. The van der Waals surface area contributed by atoms with E-state index in [0.29, 0.717) is 6.61 Å². The first-order valence-corrected chi connectivity index (χ1v) is 11.0. The van der Waals surface area contributed by atoms with Gasteiger partial charge in [-0.05, 0) is 25.5 Å². The first-order valence-electron chi connectivity index (χ1n) is 5.67. The fourth-order valence-electron chi connectivity index (χ4n) is 1.70. The number of sulfone groups is 1. The molecule has 0 fully saturated rings. The van der Waals surface area contributed by atoms with Gasteiger partial charge in [-0.2, -0.15) is 0 Å². The lowest BCUT2D eigenvalue weighted by Gasteiger charge is -2.19. The van der Waals surface area contributed by atoms with E-state index in [9.17, 15) is 8.42 Å². The molecule has 0 saturated carbocycles. The molecule has 0 aromatic rings. The molecule has 0 bridgehead atoms. The molecule has 2 atom stereocenters. The molecule has 0 unspecified atom stereocenters. The molecule has 0 aromatic carbocycles. The van der Waals surface area contributed by atoms with Crippen LogP contribution in [0.1, 0.15) is 13.8 Å². The third-order valence-electron chi connectivity index (χ3n) is 2.81. The van der Waals surface area contributed by atoms with Crippen molar-refractivity contribution in [3.8, 4) is 0 Å². The van der Waals surface area contributed by atoms with Crippen LogP contribution in [0.4, 0.5) is 0 Å². The topological polar surface area (TPSA) is 43.4 Å². The van der Waals surface area contributed by atoms with Crippen molar-refractivity contribution in [2.45, 2.75) is 50.2 Å². The Morgan fingerprint density at radius 1 is 1.38 bits per heavy atom. The van der Waals surface area contributed by atoms with Gasteiger partial charge in [0.25, 0.3) is 0 Å². The molecule has 1 heterocycles. The maximum Gasteiger partial charge on any atom is 0.187 e. The summed E-state index contributed by atoms with van der Waals surface area (Å²) in [6, 6.07) is 1.00. The molecular formula is C11H22O3SSi. The molecule has 94 valence electrons. The fraction of sp³-hybridized carbons (Fsp3) is 0.818. The summed E-state index contributed by atoms with van der Waals surface area (Å²) >= 11 is 0. The van der Waals surface area contributed by atoms with Crippen molar-refractivity contribution in [3.63, 3.8) is 0 Å². The van der Waals surface area contributed by atoms with Crippen LogP contribution in [-0.2, 0) is 14.6 Å². The zero-order valence-corrected chi connectivity index (χ0v) is 12.6. The van der Waals surface area contributed by atoms with Gasteiger partial charge in [0.1, 0.15) is 0 Å². The van der Waals surface area contributed by atoms with Gasteiger partial charge in [-0.1, -0.05) is 25.7 Å². The third kappa shape index (κ3) is 3.18. The summed E-state index contributed by atoms with van der Waals surface area (Å²) < 4.78 is 29.3. The smallest absolute Gasteiger partial charge is 0.187 e. The Bertz CT molecular complexity index is 379. The lowest BCUT2D eigenvalue weighted by atomic mass is 10.3.